The molecule has 0 saturated heterocycles. The lowest BCUT2D eigenvalue weighted by molar-refractivity contribution is -0.148. The van der Waals surface area contributed by atoms with E-state index in [-0.39, 0.29) is 5.91 Å². The van der Waals surface area contributed by atoms with Gasteiger partial charge in [-0.25, -0.2) is 4.79 Å². The molecule has 0 bridgehead atoms. The predicted molar refractivity (Wildman–Crippen MR) is 40.2 cm³/mol. The molecule has 4 nitrogen and oxygen atoms in total. The molecule has 1 atom stereocenters. The second kappa shape index (κ2) is 3.95. The maximum atomic E-state index is 10.8. The minimum atomic E-state index is -0.970. The van der Waals surface area contributed by atoms with Gasteiger partial charge in [0.2, 0.25) is 5.91 Å². The Morgan fingerprint density at radius 3 is 2.09 bits per heavy atom. The Hall–Kier alpha value is -1.06. The molecule has 0 fully saturated rings. The minimum Gasteiger partial charge on any atom is -0.480 e. The summed E-state index contributed by atoms with van der Waals surface area (Å²) in [5, 5.41) is 8.54. The molecule has 0 rings (SSSR count). The fourth-order valence-electron chi connectivity index (χ4n) is 0.903. The highest BCUT2D eigenvalue weighted by atomic mass is 16.4. The minimum absolute atomic E-state index is 0.206. The number of nitrogens with zero attached hydrogens (tertiary/aromatic N) is 1. The summed E-state index contributed by atoms with van der Waals surface area (Å²) in [4.78, 5) is 22.5. The number of carbonyl (C=O) groups is 2. The summed E-state index contributed by atoms with van der Waals surface area (Å²) in [5.41, 5.74) is 0. The van der Waals surface area contributed by atoms with Crippen molar-refractivity contribution in [2.45, 2.75) is 26.8 Å². The van der Waals surface area contributed by atoms with Gasteiger partial charge < -0.3 is 10.0 Å². The zero-order chi connectivity index (χ0) is 9.02. The highest BCUT2D eigenvalue weighted by Gasteiger charge is 2.20. The number of carboxylic acid groups (broad SMARTS) is 1. The fraction of sp³-hybridized carbons (Fsp3) is 0.714. The van der Waals surface area contributed by atoms with E-state index >= 15 is 0 Å². The summed E-state index contributed by atoms with van der Waals surface area (Å²) in [5.74, 6) is -1.18. The second-order valence-electron chi connectivity index (χ2n) is 2.32. The molecule has 0 aromatic rings. The molecule has 64 valence electrons. The van der Waals surface area contributed by atoms with Gasteiger partial charge in [-0.3, -0.25) is 4.79 Å². The first kappa shape index (κ1) is 9.94. The summed E-state index contributed by atoms with van der Waals surface area (Å²) in [6, 6.07) is -0.725. The number of aliphatic carboxylic acids is 1. The van der Waals surface area contributed by atoms with E-state index in [2.05, 4.69) is 0 Å². The second-order valence-corrected chi connectivity index (χ2v) is 2.32. The molecule has 1 N–H and O–H groups in total. The van der Waals surface area contributed by atoms with E-state index < -0.39 is 12.0 Å². The van der Waals surface area contributed by atoms with E-state index in [1.165, 1.54) is 18.7 Å². The molecule has 0 aliphatic rings. The van der Waals surface area contributed by atoms with E-state index in [1.54, 1.807) is 6.92 Å². The number of amides is 1. The van der Waals surface area contributed by atoms with Crippen LogP contribution in [0.5, 0.6) is 0 Å². The van der Waals surface area contributed by atoms with Crippen LogP contribution in [-0.2, 0) is 9.59 Å². The summed E-state index contributed by atoms with van der Waals surface area (Å²) < 4.78 is 0. The van der Waals surface area contributed by atoms with E-state index in [1.807, 2.05) is 0 Å². The van der Waals surface area contributed by atoms with Gasteiger partial charge in [0.15, 0.2) is 0 Å². The molecular weight excluding hydrogens is 146 g/mol. The van der Waals surface area contributed by atoms with Crippen molar-refractivity contribution in [2.24, 2.45) is 0 Å². The van der Waals surface area contributed by atoms with Crippen LogP contribution in [0.15, 0.2) is 0 Å². The van der Waals surface area contributed by atoms with Crippen molar-refractivity contribution in [1.82, 2.24) is 4.90 Å². The third kappa shape index (κ3) is 2.57. The molecule has 0 aliphatic carbocycles. The molecule has 0 aliphatic heterocycles. The number of carbonyl (C=O) groups excluding carboxylic acids is 1. The molecule has 0 saturated carbocycles. The lowest BCUT2D eigenvalue weighted by Crippen LogP contribution is -2.41. The number of likely N-dealkylation sites (N-methyl/N-ethyl adjacent to an activating group) is 1. The third-order valence-electron chi connectivity index (χ3n) is 1.57. The van der Waals surface area contributed by atoms with Crippen LogP contribution in [0.4, 0.5) is 0 Å². The zero-order valence-corrected chi connectivity index (χ0v) is 7.00. The normalized spacial score (nSPS) is 12.3. The average molecular weight is 159 g/mol. The lowest BCUT2D eigenvalue weighted by Gasteiger charge is -2.22. The molecule has 4 heteroatoms. The molecule has 0 unspecified atom stereocenters. The highest BCUT2D eigenvalue weighted by molar-refractivity contribution is 5.81. The predicted octanol–water partition coefficient (Wildman–Crippen LogP) is 0.328. The Bertz CT molecular complexity index is 167. The molecule has 0 aromatic heterocycles. The van der Waals surface area contributed by atoms with Gasteiger partial charge in [0.25, 0.3) is 0 Å². The van der Waals surface area contributed by atoms with Gasteiger partial charge in [0.05, 0.1) is 0 Å². The molecular formula is C7H13NO3. The molecule has 1 amide bonds. The number of hydrogen-bond acceptors (Lipinski definition) is 2. The molecule has 0 heterocycles. The highest BCUT2D eigenvalue weighted by Crippen LogP contribution is 1.98. The number of hydrogen-bond donors (Lipinski definition) is 1. The third-order valence-corrected chi connectivity index (χ3v) is 1.57. The molecule has 0 aromatic carbocycles. The quantitative estimate of drug-likeness (QED) is 0.645. The van der Waals surface area contributed by atoms with Crippen LogP contribution in [-0.4, -0.2) is 34.5 Å². The van der Waals surface area contributed by atoms with Crippen molar-refractivity contribution in [1.29, 1.82) is 0 Å². The number of carboxylic acids is 1. The van der Waals surface area contributed by atoms with E-state index in [0.29, 0.717) is 6.54 Å². The summed E-state index contributed by atoms with van der Waals surface area (Å²) >= 11 is 0. The van der Waals surface area contributed by atoms with E-state index in [0.717, 1.165) is 0 Å². The Balaban J connectivity index is 4.25. The maximum absolute atomic E-state index is 10.8. The topological polar surface area (TPSA) is 57.6 Å². The van der Waals surface area contributed by atoms with Crippen molar-refractivity contribution in [3.05, 3.63) is 0 Å². The first-order valence-corrected chi connectivity index (χ1v) is 3.50. The van der Waals surface area contributed by atoms with Crippen LogP contribution in [0.2, 0.25) is 0 Å². The SMILES string of the molecule is CCN(C(C)=O)[C@H](C)C(=O)O. The van der Waals surface area contributed by atoms with Crippen molar-refractivity contribution in [3.63, 3.8) is 0 Å². The first-order chi connectivity index (χ1) is 5.00. The Labute approximate surface area is 65.8 Å². The summed E-state index contributed by atoms with van der Waals surface area (Å²) in [6.45, 7) is 5.04. The number of rotatable bonds is 3. The Morgan fingerprint density at radius 2 is 2.00 bits per heavy atom. The zero-order valence-electron chi connectivity index (χ0n) is 7.00. The van der Waals surface area contributed by atoms with Crippen LogP contribution >= 0.6 is 0 Å². The van der Waals surface area contributed by atoms with E-state index in [9.17, 15) is 9.59 Å². The van der Waals surface area contributed by atoms with Crippen molar-refractivity contribution in [3.8, 4) is 0 Å². The van der Waals surface area contributed by atoms with Crippen LogP contribution in [0.25, 0.3) is 0 Å². The lowest BCUT2D eigenvalue weighted by atomic mass is 10.3. The van der Waals surface area contributed by atoms with Crippen molar-refractivity contribution >= 4 is 11.9 Å². The largest absolute Gasteiger partial charge is 0.480 e. The van der Waals surface area contributed by atoms with Crippen molar-refractivity contribution in [2.75, 3.05) is 6.54 Å². The maximum Gasteiger partial charge on any atom is 0.326 e. The van der Waals surface area contributed by atoms with Gasteiger partial charge >= 0.3 is 5.97 Å². The van der Waals surface area contributed by atoms with Gasteiger partial charge in [0, 0.05) is 13.5 Å². The van der Waals surface area contributed by atoms with Gasteiger partial charge in [-0.2, -0.15) is 0 Å². The van der Waals surface area contributed by atoms with Crippen LogP contribution in [0.1, 0.15) is 20.8 Å². The summed E-state index contributed by atoms with van der Waals surface area (Å²) in [6.07, 6.45) is 0. The fourth-order valence-corrected chi connectivity index (χ4v) is 0.903. The molecule has 0 radical (unpaired) electrons. The molecule has 0 spiro atoms. The van der Waals surface area contributed by atoms with E-state index in [4.69, 9.17) is 5.11 Å². The Morgan fingerprint density at radius 1 is 1.55 bits per heavy atom. The van der Waals surface area contributed by atoms with Gasteiger partial charge in [-0.1, -0.05) is 0 Å². The first-order valence-electron chi connectivity index (χ1n) is 3.50. The Kier molecular flexibility index (Phi) is 3.57. The smallest absolute Gasteiger partial charge is 0.326 e. The van der Waals surface area contributed by atoms with Gasteiger partial charge in [0.1, 0.15) is 6.04 Å². The average Bonchev–Trinajstić information content (AvgIpc) is 1.88. The molecule has 11 heavy (non-hydrogen) atoms. The summed E-state index contributed by atoms with van der Waals surface area (Å²) in [7, 11) is 0. The standard InChI is InChI=1S/C7H13NO3/c1-4-8(6(3)9)5(2)7(10)11/h5H,4H2,1-3H3,(H,10,11)/t5-/m1/s1. The van der Waals surface area contributed by atoms with Gasteiger partial charge in [-0.05, 0) is 13.8 Å². The van der Waals surface area contributed by atoms with Crippen LogP contribution in [0.3, 0.4) is 0 Å². The van der Waals surface area contributed by atoms with Crippen LogP contribution < -0.4 is 0 Å². The van der Waals surface area contributed by atoms with Crippen LogP contribution in [0, 0.1) is 0 Å². The monoisotopic (exact) mass is 159 g/mol. The van der Waals surface area contributed by atoms with Crippen molar-refractivity contribution < 1.29 is 14.7 Å². The van der Waals surface area contributed by atoms with Gasteiger partial charge in [-0.15, -0.1) is 0 Å².